The number of rotatable bonds is 4. The fraction of sp³-hybridized carbons (Fsp3) is 0.524. The number of hydrogen-bond acceptors (Lipinski definition) is 2. The van der Waals surface area contributed by atoms with Crippen LogP contribution in [0.4, 0.5) is 0 Å². The SMILES string of the molecule is CCCCCC1=CC2OC(C)(C)c3ccc(C)cc3C2C(O)=C1. The van der Waals surface area contributed by atoms with Gasteiger partial charge in [-0.25, -0.2) is 0 Å². The number of hydrogen-bond donors (Lipinski definition) is 1. The van der Waals surface area contributed by atoms with Crippen LogP contribution in [0.3, 0.4) is 0 Å². The number of aliphatic hydroxyl groups excluding tert-OH is 1. The zero-order valence-electron chi connectivity index (χ0n) is 14.7. The summed E-state index contributed by atoms with van der Waals surface area (Å²) in [6, 6.07) is 6.48. The molecule has 0 bridgehead atoms. The average Bonchev–Trinajstić information content (AvgIpc) is 2.46. The molecule has 1 aromatic rings. The van der Waals surface area contributed by atoms with E-state index in [1.807, 2.05) is 6.08 Å². The van der Waals surface area contributed by atoms with Crippen molar-refractivity contribution in [3.05, 3.63) is 58.4 Å². The minimum Gasteiger partial charge on any atom is -0.512 e. The average molecular weight is 312 g/mol. The van der Waals surface area contributed by atoms with E-state index in [0.717, 1.165) is 6.42 Å². The van der Waals surface area contributed by atoms with Crippen LogP contribution in [0.1, 0.15) is 69.1 Å². The summed E-state index contributed by atoms with van der Waals surface area (Å²) < 4.78 is 6.37. The van der Waals surface area contributed by atoms with Crippen molar-refractivity contribution >= 4 is 0 Å². The smallest absolute Gasteiger partial charge is 0.103 e. The van der Waals surface area contributed by atoms with Gasteiger partial charge in [-0.05, 0) is 56.4 Å². The van der Waals surface area contributed by atoms with Crippen molar-refractivity contribution in [2.75, 3.05) is 0 Å². The lowest BCUT2D eigenvalue weighted by atomic mass is 9.76. The molecule has 2 atom stereocenters. The van der Waals surface area contributed by atoms with Gasteiger partial charge in [0.05, 0.1) is 17.6 Å². The lowest BCUT2D eigenvalue weighted by molar-refractivity contribution is -0.0800. The van der Waals surface area contributed by atoms with Crippen molar-refractivity contribution in [1.82, 2.24) is 0 Å². The lowest BCUT2D eigenvalue weighted by Gasteiger charge is -2.43. The fourth-order valence-corrected chi connectivity index (χ4v) is 3.87. The van der Waals surface area contributed by atoms with Gasteiger partial charge in [-0.2, -0.15) is 0 Å². The van der Waals surface area contributed by atoms with Gasteiger partial charge in [-0.1, -0.05) is 49.6 Å². The fourth-order valence-electron chi connectivity index (χ4n) is 3.87. The predicted molar refractivity (Wildman–Crippen MR) is 94.8 cm³/mol. The lowest BCUT2D eigenvalue weighted by Crippen LogP contribution is -2.40. The van der Waals surface area contributed by atoms with Crippen LogP contribution in [0.25, 0.3) is 0 Å². The topological polar surface area (TPSA) is 29.5 Å². The normalized spacial score (nSPS) is 25.2. The van der Waals surface area contributed by atoms with Crippen molar-refractivity contribution in [2.24, 2.45) is 0 Å². The maximum atomic E-state index is 10.7. The molecule has 0 saturated heterocycles. The van der Waals surface area contributed by atoms with Crippen LogP contribution in [0, 0.1) is 6.92 Å². The highest BCUT2D eigenvalue weighted by Crippen LogP contribution is 2.47. The molecular formula is C21H28O2. The van der Waals surface area contributed by atoms with Crippen LogP contribution in [-0.2, 0) is 10.3 Å². The summed E-state index contributed by atoms with van der Waals surface area (Å²) in [5.41, 5.74) is 4.51. The molecule has 0 fully saturated rings. The van der Waals surface area contributed by atoms with E-state index in [9.17, 15) is 5.11 Å². The summed E-state index contributed by atoms with van der Waals surface area (Å²) >= 11 is 0. The van der Waals surface area contributed by atoms with Gasteiger partial charge >= 0.3 is 0 Å². The Morgan fingerprint density at radius 3 is 2.74 bits per heavy atom. The number of allylic oxidation sites excluding steroid dienone is 2. The highest BCUT2D eigenvalue weighted by atomic mass is 16.5. The van der Waals surface area contributed by atoms with Crippen molar-refractivity contribution in [3.8, 4) is 0 Å². The summed E-state index contributed by atoms with van der Waals surface area (Å²) in [5, 5.41) is 10.7. The molecule has 0 amide bonds. The van der Waals surface area contributed by atoms with E-state index in [1.54, 1.807) is 0 Å². The summed E-state index contributed by atoms with van der Waals surface area (Å²) in [6.45, 7) is 8.56. The highest BCUT2D eigenvalue weighted by Gasteiger charge is 2.42. The first-order valence-corrected chi connectivity index (χ1v) is 8.82. The molecule has 1 aromatic carbocycles. The van der Waals surface area contributed by atoms with Crippen LogP contribution in [0.2, 0.25) is 0 Å². The molecule has 2 aliphatic rings. The van der Waals surface area contributed by atoms with Crippen molar-refractivity contribution < 1.29 is 9.84 Å². The zero-order valence-corrected chi connectivity index (χ0v) is 14.7. The molecule has 124 valence electrons. The molecule has 1 aliphatic carbocycles. The molecule has 2 unspecified atom stereocenters. The standard InChI is InChI=1S/C21H28O2/c1-5-6-7-8-15-12-18(22)20-16-11-14(2)9-10-17(16)21(3,4)23-19(20)13-15/h9-13,19-20,22H,5-8H2,1-4H3. The van der Waals surface area contributed by atoms with E-state index in [0.29, 0.717) is 5.76 Å². The van der Waals surface area contributed by atoms with E-state index >= 15 is 0 Å². The number of unbranched alkanes of at least 4 members (excludes halogenated alkanes) is 2. The summed E-state index contributed by atoms with van der Waals surface area (Å²) in [5.74, 6) is 0.388. The molecule has 3 rings (SSSR count). The molecule has 0 aromatic heterocycles. The van der Waals surface area contributed by atoms with Gasteiger partial charge in [0, 0.05) is 0 Å². The molecule has 1 aliphatic heterocycles. The van der Waals surface area contributed by atoms with Gasteiger partial charge in [-0.3, -0.25) is 0 Å². The van der Waals surface area contributed by atoms with Crippen LogP contribution < -0.4 is 0 Å². The van der Waals surface area contributed by atoms with Crippen LogP contribution in [0.5, 0.6) is 0 Å². The third-order valence-corrected chi connectivity index (χ3v) is 5.05. The zero-order chi connectivity index (χ0) is 16.6. The van der Waals surface area contributed by atoms with E-state index < -0.39 is 0 Å². The summed E-state index contributed by atoms with van der Waals surface area (Å²) in [6.07, 6.45) is 8.76. The Hall–Kier alpha value is -1.54. The molecular weight excluding hydrogens is 284 g/mol. The Balaban J connectivity index is 1.96. The molecule has 1 N–H and O–H groups in total. The van der Waals surface area contributed by atoms with Crippen LogP contribution >= 0.6 is 0 Å². The van der Waals surface area contributed by atoms with E-state index in [1.165, 1.54) is 41.5 Å². The summed E-state index contributed by atoms with van der Waals surface area (Å²) in [4.78, 5) is 0. The quantitative estimate of drug-likeness (QED) is 0.725. The molecule has 0 spiro atoms. The monoisotopic (exact) mass is 312 g/mol. The summed E-state index contributed by atoms with van der Waals surface area (Å²) in [7, 11) is 0. The minimum atomic E-state index is -0.327. The first kappa shape index (κ1) is 16.3. The number of aryl methyl sites for hydroxylation is 1. The third kappa shape index (κ3) is 3.10. The van der Waals surface area contributed by atoms with Gasteiger partial charge in [0.25, 0.3) is 0 Å². The van der Waals surface area contributed by atoms with E-state index in [-0.39, 0.29) is 17.6 Å². The van der Waals surface area contributed by atoms with Crippen molar-refractivity contribution in [3.63, 3.8) is 0 Å². The molecule has 0 radical (unpaired) electrons. The van der Waals surface area contributed by atoms with Gasteiger partial charge in [0.1, 0.15) is 5.76 Å². The second-order valence-electron chi connectivity index (χ2n) is 7.43. The van der Waals surface area contributed by atoms with Crippen molar-refractivity contribution in [2.45, 2.75) is 71.0 Å². The number of ether oxygens (including phenoxy) is 1. The van der Waals surface area contributed by atoms with Crippen LogP contribution in [-0.4, -0.2) is 11.2 Å². The van der Waals surface area contributed by atoms with Crippen LogP contribution in [0.15, 0.2) is 41.7 Å². The molecule has 2 nitrogen and oxygen atoms in total. The Morgan fingerprint density at radius 2 is 2.00 bits per heavy atom. The Labute approximate surface area is 139 Å². The second-order valence-corrected chi connectivity index (χ2v) is 7.43. The van der Waals surface area contributed by atoms with Gasteiger partial charge in [0.15, 0.2) is 0 Å². The highest BCUT2D eigenvalue weighted by molar-refractivity contribution is 5.47. The molecule has 23 heavy (non-hydrogen) atoms. The maximum Gasteiger partial charge on any atom is 0.103 e. The number of fused-ring (bicyclic) bond motifs is 3. The largest absolute Gasteiger partial charge is 0.512 e. The second kappa shape index (κ2) is 6.16. The predicted octanol–water partition coefficient (Wildman–Crippen LogP) is 5.67. The van der Waals surface area contributed by atoms with Gasteiger partial charge in [-0.15, -0.1) is 0 Å². The first-order chi connectivity index (χ1) is 10.9. The first-order valence-electron chi connectivity index (χ1n) is 8.82. The van der Waals surface area contributed by atoms with Gasteiger partial charge < -0.3 is 9.84 Å². The number of aliphatic hydroxyl groups is 1. The molecule has 2 heteroatoms. The Morgan fingerprint density at radius 1 is 1.22 bits per heavy atom. The minimum absolute atomic E-state index is 0.0622. The molecule has 0 saturated carbocycles. The van der Waals surface area contributed by atoms with Crippen molar-refractivity contribution in [1.29, 1.82) is 0 Å². The maximum absolute atomic E-state index is 10.7. The Kier molecular flexibility index (Phi) is 4.37. The molecule has 1 heterocycles. The van der Waals surface area contributed by atoms with E-state index in [4.69, 9.17) is 4.74 Å². The third-order valence-electron chi connectivity index (χ3n) is 5.05. The van der Waals surface area contributed by atoms with Gasteiger partial charge in [0.2, 0.25) is 0 Å². The number of benzene rings is 1. The van der Waals surface area contributed by atoms with E-state index in [2.05, 4.69) is 52.0 Å². The Bertz CT molecular complexity index is 652.